The second-order valence-electron chi connectivity index (χ2n) is 4.33. The number of fused-ring (bicyclic) bond motifs is 1. The maximum Gasteiger partial charge on any atom is 0.0110 e. The Morgan fingerprint density at radius 1 is 1.42 bits per heavy atom. The van der Waals surface area contributed by atoms with Crippen LogP contribution in [0.4, 0.5) is 0 Å². The third kappa shape index (κ3) is 1.13. The summed E-state index contributed by atoms with van der Waals surface area (Å²) in [6.07, 6.45) is 12.7. The molecule has 0 aromatic heterocycles. The van der Waals surface area contributed by atoms with E-state index in [-0.39, 0.29) is 0 Å². The van der Waals surface area contributed by atoms with Crippen molar-refractivity contribution in [1.82, 2.24) is 0 Å². The van der Waals surface area contributed by atoms with E-state index in [9.17, 15) is 0 Å². The highest BCUT2D eigenvalue weighted by atomic mass is 14.7. The summed E-state index contributed by atoms with van der Waals surface area (Å²) in [7, 11) is 0. The Hall–Kier alpha value is -0.560. The lowest BCUT2D eigenvalue weighted by atomic mass is 9.64. The summed E-state index contributed by atoms with van der Waals surface area (Å²) in [5, 5.41) is 0. The van der Waals surface area contributed by atoms with Crippen molar-refractivity contribution in [3.63, 3.8) is 0 Å². The van der Waals surface area contributed by atoms with Crippen molar-refractivity contribution in [1.29, 1.82) is 0 Å². The van der Waals surface area contributed by atoms with Crippen molar-refractivity contribution in [3.8, 4) is 0 Å². The molecule has 0 spiro atoms. The highest BCUT2D eigenvalue weighted by molar-refractivity contribution is 5.21. The standard InChI is InChI=1S/C11H17N/c1-11-7-3-2-5-9(11)10(12)6-4-8-11/h2-3,5,7,9-10H,4,6,8,12H2,1H3/t9?,10-,11?/m1/s1. The Labute approximate surface area is 74.3 Å². The first kappa shape index (κ1) is 8.06. The fraction of sp³-hybridized carbons (Fsp3) is 0.636. The van der Waals surface area contributed by atoms with Gasteiger partial charge >= 0.3 is 0 Å². The molecule has 66 valence electrons. The minimum absolute atomic E-state index is 0.354. The SMILES string of the molecule is CC12C=CC=CC1[C@H](N)CCC2. The summed E-state index contributed by atoms with van der Waals surface area (Å²) < 4.78 is 0. The molecule has 0 amide bonds. The van der Waals surface area contributed by atoms with Crippen molar-refractivity contribution < 1.29 is 0 Å². The van der Waals surface area contributed by atoms with Crippen LogP contribution in [0.2, 0.25) is 0 Å². The van der Waals surface area contributed by atoms with E-state index in [1.807, 2.05) is 0 Å². The van der Waals surface area contributed by atoms with E-state index in [0.29, 0.717) is 17.4 Å². The number of hydrogen-bond acceptors (Lipinski definition) is 1. The maximum atomic E-state index is 6.09. The number of nitrogens with two attached hydrogens (primary N) is 1. The van der Waals surface area contributed by atoms with Gasteiger partial charge in [0.2, 0.25) is 0 Å². The predicted molar refractivity (Wildman–Crippen MR) is 51.7 cm³/mol. The van der Waals surface area contributed by atoms with Gasteiger partial charge in [0.15, 0.2) is 0 Å². The molecule has 0 bridgehead atoms. The van der Waals surface area contributed by atoms with Crippen LogP contribution in [0.25, 0.3) is 0 Å². The Bertz CT molecular complexity index is 229. The molecule has 1 heteroatoms. The fourth-order valence-corrected chi connectivity index (χ4v) is 2.57. The normalized spacial score (nSPS) is 45.8. The molecule has 1 saturated carbocycles. The summed E-state index contributed by atoms with van der Waals surface area (Å²) in [4.78, 5) is 0. The second kappa shape index (κ2) is 2.74. The van der Waals surface area contributed by atoms with Crippen molar-refractivity contribution in [2.24, 2.45) is 17.1 Å². The molecule has 1 fully saturated rings. The third-order valence-electron chi connectivity index (χ3n) is 3.38. The van der Waals surface area contributed by atoms with Crippen LogP contribution < -0.4 is 5.73 Å². The highest BCUT2D eigenvalue weighted by Gasteiger charge is 2.38. The second-order valence-corrected chi connectivity index (χ2v) is 4.33. The first-order valence-corrected chi connectivity index (χ1v) is 4.84. The van der Waals surface area contributed by atoms with Crippen LogP contribution in [-0.4, -0.2) is 6.04 Å². The van der Waals surface area contributed by atoms with Crippen LogP contribution in [0.3, 0.4) is 0 Å². The monoisotopic (exact) mass is 163 g/mol. The molecule has 2 rings (SSSR count). The Balaban J connectivity index is 2.26. The number of rotatable bonds is 0. The Morgan fingerprint density at radius 2 is 2.25 bits per heavy atom. The molecule has 2 unspecified atom stereocenters. The molecular weight excluding hydrogens is 146 g/mol. The van der Waals surface area contributed by atoms with Crippen LogP contribution in [-0.2, 0) is 0 Å². The molecule has 12 heavy (non-hydrogen) atoms. The van der Waals surface area contributed by atoms with Gasteiger partial charge in [-0.2, -0.15) is 0 Å². The zero-order valence-electron chi connectivity index (χ0n) is 7.66. The molecule has 2 aliphatic rings. The molecule has 2 N–H and O–H groups in total. The molecule has 1 nitrogen and oxygen atoms in total. The lowest BCUT2D eigenvalue weighted by Crippen LogP contribution is -2.43. The van der Waals surface area contributed by atoms with Gasteiger partial charge in [-0.1, -0.05) is 37.6 Å². The molecule has 3 atom stereocenters. The van der Waals surface area contributed by atoms with Gasteiger partial charge in [0.1, 0.15) is 0 Å². The van der Waals surface area contributed by atoms with Gasteiger partial charge in [-0.3, -0.25) is 0 Å². The summed E-state index contributed by atoms with van der Waals surface area (Å²) in [6, 6.07) is 0.380. The van der Waals surface area contributed by atoms with Gasteiger partial charge in [0.25, 0.3) is 0 Å². The Kier molecular flexibility index (Phi) is 1.84. The Morgan fingerprint density at radius 3 is 3.00 bits per heavy atom. The van der Waals surface area contributed by atoms with Crippen molar-refractivity contribution >= 4 is 0 Å². The number of allylic oxidation sites excluding steroid dienone is 3. The van der Waals surface area contributed by atoms with E-state index in [1.54, 1.807) is 0 Å². The van der Waals surface area contributed by atoms with E-state index in [4.69, 9.17) is 5.73 Å². The average Bonchev–Trinajstić information content (AvgIpc) is 2.04. The lowest BCUT2D eigenvalue weighted by Gasteiger charge is -2.43. The van der Waals surface area contributed by atoms with Crippen LogP contribution >= 0.6 is 0 Å². The van der Waals surface area contributed by atoms with Gasteiger partial charge in [0.05, 0.1) is 0 Å². The van der Waals surface area contributed by atoms with E-state index in [0.717, 1.165) is 0 Å². The van der Waals surface area contributed by atoms with Crippen LogP contribution in [0, 0.1) is 11.3 Å². The smallest absolute Gasteiger partial charge is 0.0110 e. The molecule has 0 radical (unpaired) electrons. The van der Waals surface area contributed by atoms with E-state index in [1.165, 1.54) is 19.3 Å². The zero-order valence-corrected chi connectivity index (χ0v) is 7.66. The highest BCUT2D eigenvalue weighted by Crippen LogP contribution is 2.43. The first-order chi connectivity index (χ1) is 5.72. The van der Waals surface area contributed by atoms with Gasteiger partial charge in [-0.25, -0.2) is 0 Å². The lowest BCUT2D eigenvalue weighted by molar-refractivity contribution is 0.184. The van der Waals surface area contributed by atoms with E-state index >= 15 is 0 Å². The molecular formula is C11H17N. The van der Waals surface area contributed by atoms with Crippen LogP contribution in [0.5, 0.6) is 0 Å². The van der Waals surface area contributed by atoms with Gasteiger partial charge < -0.3 is 5.73 Å². The fourth-order valence-electron chi connectivity index (χ4n) is 2.57. The minimum Gasteiger partial charge on any atom is -0.327 e. The first-order valence-electron chi connectivity index (χ1n) is 4.84. The molecule has 0 aromatic rings. The van der Waals surface area contributed by atoms with Crippen molar-refractivity contribution in [3.05, 3.63) is 24.3 Å². The van der Waals surface area contributed by atoms with Gasteiger partial charge in [-0.15, -0.1) is 0 Å². The summed E-state index contributed by atoms with van der Waals surface area (Å²) in [5.41, 5.74) is 6.44. The molecule has 0 saturated heterocycles. The van der Waals surface area contributed by atoms with Gasteiger partial charge in [0, 0.05) is 12.0 Å². The van der Waals surface area contributed by atoms with E-state index < -0.39 is 0 Å². The molecule has 0 heterocycles. The zero-order chi connectivity index (χ0) is 8.60. The van der Waals surface area contributed by atoms with Gasteiger partial charge in [-0.05, 0) is 18.3 Å². The molecule has 2 aliphatic carbocycles. The summed E-state index contributed by atoms with van der Waals surface area (Å²) >= 11 is 0. The average molecular weight is 163 g/mol. The van der Waals surface area contributed by atoms with Crippen LogP contribution in [0.15, 0.2) is 24.3 Å². The largest absolute Gasteiger partial charge is 0.327 e. The minimum atomic E-state index is 0.354. The van der Waals surface area contributed by atoms with Crippen LogP contribution in [0.1, 0.15) is 26.2 Å². The topological polar surface area (TPSA) is 26.0 Å². The predicted octanol–water partition coefficient (Wildman–Crippen LogP) is 2.25. The van der Waals surface area contributed by atoms with Crippen molar-refractivity contribution in [2.75, 3.05) is 0 Å². The molecule has 0 aliphatic heterocycles. The van der Waals surface area contributed by atoms with E-state index in [2.05, 4.69) is 31.2 Å². The maximum absolute atomic E-state index is 6.09. The summed E-state index contributed by atoms with van der Waals surface area (Å²) in [5.74, 6) is 0.580. The third-order valence-corrected chi connectivity index (χ3v) is 3.38. The number of hydrogen-bond donors (Lipinski definition) is 1. The van der Waals surface area contributed by atoms with Crippen molar-refractivity contribution in [2.45, 2.75) is 32.2 Å². The molecule has 0 aromatic carbocycles. The quantitative estimate of drug-likeness (QED) is 0.582. The summed E-state index contributed by atoms with van der Waals surface area (Å²) in [6.45, 7) is 2.33.